The molecule has 60 valence electrons. The van der Waals surface area contributed by atoms with Crippen molar-refractivity contribution < 1.29 is 0 Å². The topological polar surface area (TPSA) is 54.5 Å². The van der Waals surface area contributed by atoms with Gasteiger partial charge >= 0.3 is 0 Å². The highest BCUT2D eigenvalue weighted by molar-refractivity contribution is 5.64. The molecule has 2 heterocycles. The average Bonchev–Trinajstić information content (AvgIpc) is 2.84. The molecule has 0 aliphatic heterocycles. The van der Waals surface area contributed by atoms with Crippen molar-refractivity contribution in [1.29, 1.82) is 0 Å². The molecule has 0 bridgehead atoms. The summed E-state index contributed by atoms with van der Waals surface area (Å²) in [5.41, 5.74) is 2.62. The molecule has 2 aromatic rings. The van der Waals surface area contributed by atoms with Gasteiger partial charge in [0.05, 0.1) is 18.2 Å². The first-order chi connectivity index (χ1) is 5.93. The normalized spacial score (nSPS) is 17.0. The Balaban J connectivity index is 2.21. The second-order valence-electron chi connectivity index (χ2n) is 3.14. The Morgan fingerprint density at radius 3 is 3.08 bits per heavy atom. The lowest BCUT2D eigenvalue weighted by Crippen LogP contribution is -1.89. The third-order valence-corrected chi connectivity index (χ3v) is 2.16. The lowest BCUT2D eigenvalue weighted by molar-refractivity contribution is 1.01. The van der Waals surface area contributed by atoms with E-state index in [1.165, 1.54) is 12.8 Å². The van der Waals surface area contributed by atoms with Gasteiger partial charge in [0.1, 0.15) is 0 Å². The van der Waals surface area contributed by atoms with E-state index in [0.717, 1.165) is 11.3 Å². The molecule has 1 fully saturated rings. The zero-order chi connectivity index (χ0) is 7.97. The maximum Gasteiger partial charge on any atom is 0.197 e. The Hall–Kier alpha value is -1.45. The van der Waals surface area contributed by atoms with E-state index < -0.39 is 0 Å². The first-order valence-electron chi connectivity index (χ1n) is 4.09. The summed E-state index contributed by atoms with van der Waals surface area (Å²) < 4.78 is 0. The molecule has 12 heavy (non-hydrogen) atoms. The number of H-pyrrole nitrogens is 1. The van der Waals surface area contributed by atoms with E-state index in [2.05, 4.69) is 19.9 Å². The second-order valence-corrected chi connectivity index (χ2v) is 3.14. The van der Waals surface area contributed by atoms with Crippen LogP contribution in [0.3, 0.4) is 0 Å². The molecule has 1 N–H and O–H groups in total. The second kappa shape index (κ2) is 2.03. The fraction of sp³-hybridized carbons (Fsp3) is 0.375. The van der Waals surface area contributed by atoms with Gasteiger partial charge in [-0.05, 0) is 12.8 Å². The SMILES string of the molecule is c1nc2ncc(C3CC3)nc2[nH]1. The maximum atomic E-state index is 4.42. The smallest absolute Gasteiger partial charge is 0.197 e. The van der Waals surface area contributed by atoms with Crippen molar-refractivity contribution >= 4 is 11.3 Å². The van der Waals surface area contributed by atoms with Gasteiger partial charge in [0, 0.05) is 5.92 Å². The number of nitrogens with one attached hydrogen (secondary N) is 1. The number of hydrogen-bond acceptors (Lipinski definition) is 3. The number of aromatic nitrogens is 4. The van der Waals surface area contributed by atoms with Crippen LogP contribution in [-0.2, 0) is 0 Å². The quantitative estimate of drug-likeness (QED) is 0.682. The predicted octanol–water partition coefficient (Wildman–Crippen LogP) is 1.23. The first kappa shape index (κ1) is 6.11. The van der Waals surface area contributed by atoms with E-state index in [1.54, 1.807) is 6.33 Å². The van der Waals surface area contributed by atoms with Crippen LogP contribution in [0.4, 0.5) is 0 Å². The van der Waals surface area contributed by atoms with Gasteiger partial charge in [-0.3, -0.25) is 0 Å². The molecular weight excluding hydrogens is 152 g/mol. The van der Waals surface area contributed by atoms with Gasteiger partial charge in [-0.15, -0.1) is 0 Å². The Kier molecular flexibility index (Phi) is 1.03. The number of aromatic amines is 1. The van der Waals surface area contributed by atoms with Crippen molar-refractivity contribution in [2.24, 2.45) is 0 Å². The maximum absolute atomic E-state index is 4.42. The fourth-order valence-electron chi connectivity index (χ4n) is 1.32. The Bertz CT molecular complexity index is 416. The van der Waals surface area contributed by atoms with Crippen LogP contribution >= 0.6 is 0 Å². The van der Waals surface area contributed by atoms with Gasteiger partial charge in [-0.25, -0.2) is 15.0 Å². The molecule has 0 atom stereocenters. The van der Waals surface area contributed by atoms with Gasteiger partial charge in [0.15, 0.2) is 11.3 Å². The summed E-state index contributed by atoms with van der Waals surface area (Å²) in [6.07, 6.45) is 5.98. The highest BCUT2D eigenvalue weighted by Crippen LogP contribution is 2.38. The monoisotopic (exact) mass is 160 g/mol. The minimum absolute atomic E-state index is 0.658. The van der Waals surface area contributed by atoms with Gasteiger partial charge in [0.2, 0.25) is 0 Å². The molecule has 4 nitrogen and oxygen atoms in total. The van der Waals surface area contributed by atoms with E-state index in [1.807, 2.05) is 6.20 Å². The molecule has 0 saturated heterocycles. The van der Waals surface area contributed by atoms with Crippen LogP contribution < -0.4 is 0 Å². The van der Waals surface area contributed by atoms with Crippen molar-refractivity contribution in [3.63, 3.8) is 0 Å². The summed E-state index contributed by atoms with van der Waals surface area (Å²) in [6.45, 7) is 0. The fourth-order valence-corrected chi connectivity index (χ4v) is 1.32. The van der Waals surface area contributed by atoms with Gasteiger partial charge in [-0.2, -0.15) is 0 Å². The summed E-state index contributed by atoms with van der Waals surface area (Å²) in [7, 11) is 0. The van der Waals surface area contributed by atoms with Gasteiger partial charge < -0.3 is 4.98 Å². The van der Waals surface area contributed by atoms with Crippen LogP contribution in [0.5, 0.6) is 0 Å². The van der Waals surface area contributed by atoms with Crippen LogP contribution in [0.2, 0.25) is 0 Å². The van der Waals surface area contributed by atoms with Gasteiger partial charge in [-0.1, -0.05) is 0 Å². The molecule has 0 amide bonds. The molecule has 1 aliphatic rings. The molecule has 0 aromatic carbocycles. The summed E-state index contributed by atoms with van der Waals surface area (Å²) in [4.78, 5) is 15.6. The molecule has 4 heteroatoms. The van der Waals surface area contributed by atoms with Gasteiger partial charge in [0.25, 0.3) is 0 Å². The number of imidazole rings is 1. The van der Waals surface area contributed by atoms with E-state index >= 15 is 0 Å². The van der Waals surface area contributed by atoms with Crippen LogP contribution in [0, 0.1) is 0 Å². The highest BCUT2D eigenvalue weighted by atomic mass is 15.0. The summed E-state index contributed by atoms with van der Waals surface area (Å²) in [5, 5.41) is 0. The van der Waals surface area contributed by atoms with Crippen LogP contribution in [-0.4, -0.2) is 19.9 Å². The van der Waals surface area contributed by atoms with Crippen LogP contribution in [0.15, 0.2) is 12.5 Å². The van der Waals surface area contributed by atoms with Crippen molar-refractivity contribution in [3.8, 4) is 0 Å². The van der Waals surface area contributed by atoms with Crippen LogP contribution in [0.1, 0.15) is 24.5 Å². The molecule has 1 aliphatic carbocycles. The Labute approximate surface area is 69.1 Å². The number of fused-ring (bicyclic) bond motifs is 1. The van der Waals surface area contributed by atoms with Crippen LogP contribution in [0.25, 0.3) is 11.3 Å². The molecule has 0 unspecified atom stereocenters. The average molecular weight is 160 g/mol. The van der Waals surface area contributed by atoms with Crippen molar-refractivity contribution in [1.82, 2.24) is 19.9 Å². The zero-order valence-electron chi connectivity index (χ0n) is 6.49. The number of hydrogen-bond donors (Lipinski definition) is 1. The lowest BCUT2D eigenvalue weighted by atomic mass is 10.3. The van der Waals surface area contributed by atoms with E-state index in [-0.39, 0.29) is 0 Å². The van der Waals surface area contributed by atoms with Crippen molar-refractivity contribution in [2.45, 2.75) is 18.8 Å². The number of rotatable bonds is 1. The molecule has 3 rings (SSSR count). The third-order valence-electron chi connectivity index (χ3n) is 2.16. The standard InChI is InChI=1S/C8H8N4/c1-2-5(1)6-3-9-7-8(12-6)11-4-10-7/h3-5H,1-2H2,(H,9,10,11,12). The van der Waals surface area contributed by atoms with E-state index in [9.17, 15) is 0 Å². The first-order valence-corrected chi connectivity index (χ1v) is 4.09. The molecule has 0 radical (unpaired) electrons. The number of nitrogens with zero attached hydrogens (tertiary/aromatic N) is 3. The van der Waals surface area contributed by atoms with Crippen molar-refractivity contribution in [2.75, 3.05) is 0 Å². The molecular formula is C8H8N4. The molecule has 2 aromatic heterocycles. The van der Waals surface area contributed by atoms with Crippen molar-refractivity contribution in [3.05, 3.63) is 18.2 Å². The molecule has 1 saturated carbocycles. The highest BCUT2D eigenvalue weighted by Gasteiger charge is 2.25. The minimum Gasteiger partial charge on any atom is -0.328 e. The van der Waals surface area contributed by atoms with E-state index in [4.69, 9.17) is 0 Å². The predicted molar refractivity (Wildman–Crippen MR) is 43.7 cm³/mol. The minimum atomic E-state index is 0.658. The molecule has 0 spiro atoms. The Morgan fingerprint density at radius 2 is 2.25 bits per heavy atom. The lowest BCUT2D eigenvalue weighted by Gasteiger charge is -1.93. The Morgan fingerprint density at radius 1 is 1.33 bits per heavy atom. The van der Waals surface area contributed by atoms with E-state index in [0.29, 0.717) is 11.6 Å². The largest absolute Gasteiger partial charge is 0.328 e. The summed E-state index contributed by atoms with van der Waals surface area (Å²) in [6, 6.07) is 0. The third kappa shape index (κ3) is 0.809. The summed E-state index contributed by atoms with van der Waals surface area (Å²) in [5.74, 6) is 0.658. The summed E-state index contributed by atoms with van der Waals surface area (Å²) >= 11 is 0. The zero-order valence-corrected chi connectivity index (χ0v) is 6.49.